The molecule has 0 amide bonds. The van der Waals surface area contributed by atoms with E-state index in [9.17, 15) is 19.0 Å². The fraction of sp³-hybridized carbons (Fsp3) is 0.639. The summed E-state index contributed by atoms with van der Waals surface area (Å²) in [6.07, 6.45) is 90.5. The summed E-state index contributed by atoms with van der Waals surface area (Å²) in [5, 5.41) is 0. The number of carbonyl (C=O) groups is 2. The molecule has 0 fully saturated rings. The molecule has 0 saturated heterocycles. The van der Waals surface area contributed by atoms with E-state index >= 15 is 0 Å². The number of hydrogen-bond acceptors (Lipinski definition) is 8. The van der Waals surface area contributed by atoms with E-state index < -0.39 is 32.5 Å². The largest absolute Gasteiger partial charge is 0.756 e. The van der Waals surface area contributed by atoms with Crippen LogP contribution in [0.2, 0.25) is 0 Å². The van der Waals surface area contributed by atoms with Crippen molar-refractivity contribution in [3.63, 3.8) is 0 Å². The van der Waals surface area contributed by atoms with Crippen molar-refractivity contribution in [2.75, 3.05) is 47.5 Å². The van der Waals surface area contributed by atoms with Crippen molar-refractivity contribution in [3.8, 4) is 0 Å². The molecule has 0 saturated carbocycles. The number of quaternary nitrogens is 1. The number of esters is 2. The van der Waals surface area contributed by atoms with Crippen molar-refractivity contribution >= 4 is 19.8 Å². The van der Waals surface area contributed by atoms with Gasteiger partial charge in [-0.25, -0.2) is 0 Å². The van der Waals surface area contributed by atoms with Gasteiger partial charge in [-0.1, -0.05) is 256 Å². The summed E-state index contributed by atoms with van der Waals surface area (Å²) in [5.74, 6) is -0.858. The van der Waals surface area contributed by atoms with Crippen molar-refractivity contribution in [2.45, 2.75) is 251 Å². The Labute approximate surface area is 503 Å². The van der Waals surface area contributed by atoms with Gasteiger partial charge in [-0.3, -0.25) is 14.2 Å². The zero-order valence-electron chi connectivity index (χ0n) is 52.9. The van der Waals surface area contributed by atoms with Crippen LogP contribution in [0.15, 0.2) is 146 Å². The van der Waals surface area contributed by atoms with E-state index in [1.54, 1.807) is 0 Å². The highest BCUT2D eigenvalue weighted by molar-refractivity contribution is 7.45. The van der Waals surface area contributed by atoms with Gasteiger partial charge < -0.3 is 27.9 Å². The minimum atomic E-state index is -4.65. The molecule has 9 nitrogen and oxygen atoms in total. The number of rotatable bonds is 58. The normalized spacial score (nSPS) is 14.2. The molecule has 0 bridgehead atoms. The molecule has 0 aromatic heterocycles. The lowest BCUT2D eigenvalue weighted by Crippen LogP contribution is -2.37. The van der Waals surface area contributed by atoms with Gasteiger partial charge in [0.05, 0.1) is 27.7 Å². The van der Waals surface area contributed by atoms with Crippen molar-refractivity contribution in [3.05, 3.63) is 146 Å². The molecule has 2 atom stereocenters. The first-order chi connectivity index (χ1) is 40.0. The number of unbranched alkanes of at least 4 members (excludes halogenated alkanes) is 20. The first-order valence-corrected chi connectivity index (χ1v) is 34.0. The third kappa shape index (κ3) is 65.0. The maximum absolute atomic E-state index is 12.8. The fourth-order valence-electron chi connectivity index (χ4n) is 8.36. The van der Waals surface area contributed by atoms with E-state index in [2.05, 4.69) is 160 Å². The first-order valence-electron chi connectivity index (χ1n) is 32.5. The van der Waals surface area contributed by atoms with E-state index in [-0.39, 0.29) is 26.1 Å². The Balaban J connectivity index is 4.12. The van der Waals surface area contributed by atoms with E-state index in [4.69, 9.17) is 18.5 Å². The standard InChI is InChI=1S/C72H120NO8P/c1-6-8-10-12-14-16-18-20-22-24-26-27-28-29-30-31-32-33-34-35-36-37-38-39-40-41-42-43-44-45-47-49-51-53-55-57-59-61-63-65-72(75)81-70(69-80-82(76,77)79-67-66-73(3,4)5)68-78-71(74)64-62-60-58-56-54-52-50-48-46-25-23-21-19-17-15-13-11-9-7-2/h8,10,14-17,20-23,26-27,29-30,32-33,35-36,38-39,41-42,46,48,70H,6-7,9,11-13,18-19,24-25,28,31,34,37,40,43-45,47,49-69H2,1-5H3/b10-8-,16-14-,17-15-,22-20-,23-21-,27-26-,30-29-,33-32-,36-35-,39-38-,42-41-,48-46-. The molecule has 0 heterocycles. The summed E-state index contributed by atoms with van der Waals surface area (Å²) in [5.41, 5.74) is 0. The van der Waals surface area contributed by atoms with Gasteiger partial charge in [-0.15, -0.1) is 0 Å². The molecule has 0 aliphatic heterocycles. The van der Waals surface area contributed by atoms with Crippen LogP contribution in [0.1, 0.15) is 245 Å². The van der Waals surface area contributed by atoms with Crippen LogP contribution in [0, 0.1) is 0 Å². The molecule has 0 rings (SSSR count). The van der Waals surface area contributed by atoms with Gasteiger partial charge in [0.2, 0.25) is 0 Å². The lowest BCUT2D eigenvalue weighted by atomic mass is 10.0. The lowest BCUT2D eigenvalue weighted by molar-refractivity contribution is -0.870. The molecular weight excluding hydrogens is 1040 g/mol. The average molecular weight is 1160 g/mol. The lowest BCUT2D eigenvalue weighted by Gasteiger charge is -2.28. The number of allylic oxidation sites excluding steroid dienone is 24. The summed E-state index contributed by atoms with van der Waals surface area (Å²) < 4.78 is 34.2. The molecule has 0 radical (unpaired) electrons. The molecule has 0 aliphatic carbocycles. The molecular formula is C72H120NO8P. The number of ether oxygens (including phenoxy) is 2. The summed E-state index contributed by atoms with van der Waals surface area (Å²) in [4.78, 5) is 37.9. The molecule has 0 aliphatic rings. The Morgan fingerprint density at radius 3 is 1.04 bits per heavy atom. The number of hydrogen-bond donors (Lipinski definition) is 0. The van der Waals surface area contributed by atoms with Crippen LogP contribution in [0.5, 0.6) is 0 Å². The van der Waals surface area contributed by atoms with Crippen LogP contribution < -0.4 is 4.89 Å². The zero-order valence-corrected chi connectivity index (χ0v) is 53.8. The quantitative estimate of drug-likeness (QED) is 0.0195. The van der Waals surface area contributed by atoms with Crippen LogP contribution in [-0.2, 0) is 32.7 Å². The number of carbonyl (C=O) groups excluding carboxylic acids is 2. The van der Waals surface area contributed by atoms with Crippen molar-refractivity contribution in [1.29, 1.82) is 0 Å². The maximum Gasteiger partial charge on any atom is 0.306 e. The number of phosphoric acid groups is 1. The molecule has 0 aromatic rings. The third-order valence-electron chi connectivity index (χ3n) is 13.3. The molecule has 0 aromatic carbocycles. The Kier molecular flexibility index (Phi) is 58.4. The van der Waals surface area contributed by atoms with Crippen LogP contribution in [0.25, 0.3) is 0 Å². The second-order valence-corrected chi connectivity index (χ2v) is 23.8. The minimum Gasteiger partial charge on any atom is -0.756 e. The maximum atomic E-state index is 12.8. The Hall–Kier alpha value is -4.11. The van der Waals surface area contributed by atoms with Gasteiger partial charge in [-0.05, 0) is 122 Å². The number of phosphoric ester groups is 1. The second-order valence-electron chi connectivity index (χ2n) is 22.4. The summed E-state index contributed by atoms with van der Waals surface area (Å²) in [6, 6.07) is 0. The van der Waals surface area contributed by atoms with Crippen molar-refractivity contribution < 1.29 is 42.1 Å². The third-order valence-corrected chi connectivity index (χ3v) is 14.3. The second kappa shape index (κ2) is 61.5. The molecule has 82 heavy (non-hydrogen) atoms. The van der Waals surface area contributed by atoms with Crippen LogP contribution >= 0.6 is 7.82 Å². The number of likely N-dealkylation sites (N-methyl/N-ethyl adjacent to an activating group) is 1. The van der Waals surface area contributed by atoms with E-state index in [1.165, 1.54) is 70.6 Å². The minimum absolute atomic E-state index is 0.0405. The molecule has 466 valence electrons. The van der Waals surface area contributed by atoms with E-state index in [1.807, 2.05) is 21.1 Å². The molecule has 2 unspecified atom stereocenters. The van der Waals surface area contributed by atoms with Crippen molar-refractivity contribution in [1.82, 2.24) is 0 Å². The zero-order chi connectivity index (χ0) is 59.8. The predicted octanol–water partition coefficient (Wildman–Crippen LogP) is 20.4. The molecule has 0 spiro atoms. The highest BCUT2D eigenvalue weighted by atomic mass is 31.2. The number of nitrogens with zero attached hydrogens (tertiary/aromatic N) is 1. The van der Waals surface area contributed by atoms with Crippen molar-refractivity contribution in [2.24, 2.45) is 0 Å². The smallest absolute Gasteiger partial charge is 0.306 e. The van der Waals surface area contributed by atoms with E-state index in [0.29, 0.717) is 23.9 Å². The first kappa shape index (κ1) is 77.9. The average Bonchev–Trinajstić information content (AvgIpc) is 3.46. The fourth-order valence-corrected chi connectivity index (χ4v) is 9.09. The SMILES string of the molecule is CC/C=C\C/C=C\C/C=C\C/C=C\C/C=C\C/C=C\C/C=C\C/C=C\C/C=C\CCCCCCCCCCCCCC(=O)OC(COC(=O)CCCCCCCC/C=C\C/C=C\C/C=C\CCCCC)COP(=O)([O-])OCC[N+](C)(C)C. The van der Waals surface area contributed by atoms with Crippen LogP contribution in [0.3, 0.4) is 0 Å². The van der Waals surface area contributed by atoms with Gasteiger partial charge in [0.25, 0.3) is 7.82 Å². The summed E-state index contributed by atoms with van der Waals surface area (Å²) in [6.45, 7) is 4.07. The van der Waals surface area contributed by atoms with E-state index in [0.717, 1.165) is 135 Å². The van der Waals surface area contributed by atoms with Gasteiger partial charge in [0, 0.05) is 12.8 Å². The van der Waals surface area contributed by atoms with Crippen LogP contribution in [-0.4, -0.2) is 70.0 Å². The van der Waals surface area contributed by atoms with Crippen LogP contribution in [0.4, 0.5) is 0 Å². The van der Waals surface area contributed by atoms with Gasteiger partial charge in [0.1, 0.15) is 19.8 Å². The molecule has 10 heteroatoms. The summed E-state index contributed by atoms with van der Waals surface area (Å²) in [7, 11) is 1.14. The van der Waals surface area contributed by atoms with Gasteiger partial charge >= 0.3 is 11.9 Å². The predicted molar refractivity (Wildman–Crippen MR) is 350 cm³/mol. The van der Waals surface area contributed by atoms with Gasteiger partial charge in [0.15, 0.2) is 6.10 Å². The monoisotopic (exact) mass is 1160 g/mol. The summed E-state index contributed by atoms with van der Waals surface area (Å²) >= 11 is 0. The molecule has 0 N–H and O–H groups in total. The van der Waals surface area contributed by atoms with Gasteiger partial charge in [-0.2, -0.15) is 0 Å². The Bertz CT molecular complexity index is 1890. The Morgan fingerprint density at radius 2 is 0.695 bits per heavy atom. The highest BCUT2D eigenvalue weighted by Crippen LogP contribution is 2.38. The topological polar surface area (TPSA) is 111 Å². The Morgan fingerprint density at radius 1 is 0.390 bits per heavy atom. The highest BCUT2D eigenvalue weighted by Gasteiger charge is 2.22.